The lowest BCUT2D eigenvalue weighted by molar-refractivity contribution is -0.137. The van der Waals surface area contributed by atoms with Gasteiger partial charge in [0, 0.05) is 18.0 Å². The number of fused-ring (bicyclic) bond motifs is 1. The average Bonchev–Trinajstić information content (AvgIpc) is 2.78. The molecule has 11 heteroatoms. The highest BCUT2D eigenvalue weighted by Gasteiger charge is 2.49. The van der Waals surface area contributed by atoms with Crippen molar-refractivity contribution >= 4 is 27.5 Å². The number of morpholine rings is 1. The summed E-state index contributed by atoms with van der Waals surface area (Å²) in [7, 11) is -3.66. The molecule has 190 valence electrons. The summed E-state index contributed by atoms with van der Waals surface area (Å²) in [6, 6.07) is -0.870. The normalized spacial score (nSPS) is 43.0. The maximum Gasteiger partial charge on any atom is 0.229 e. The van der Waals surface area contributed by atoms with Crippen molar-refractivity contribution in [3.63, 3.8) is 0 Å². The number of nitrogens with one attached hydrogen (secondary N) is 1. The number of alkyl halides is 3. The van der Waals surface area contributed by atoms with Crippen molar-refractivity contribution < 1.29 is 31.8 Å². The van der Waals surface area contributed by atoms with Gasteiger partial charge in [0.05, 0.1) is 30.1 Å². The first-order valence-corrected chi connectivity index (χ1v) is 14.1. The van der Waals surface area contributed by atoms with Crippen LogP contribution in [0.25, 0.3) is 0 Å². The Kier molecular flexibility index (Phi) is 8.20. The summed E-state index contributed by atoms with van der Waals surface area (Å²) in [6.45, 7) is -0.218. The number of halogens is 3. The highest BCUT2D eigenvalue weighted by Crippen LogP contribution is 2.37. The van der Waals surface area contributed by atoms with Crippen molar-refractivity contribution in [1.82, 2.24) is 9.62 Å². The number of nitrogens with zero attached hydrogens (tertiary/aromatic N) is 1. The molecule has 4 fully saturated rings. The number of hydrogen-bond acceptors (Lipinski definition) is 5. The molecule has 0 aromatic rings. The first-order chi connectivity index (χ1) is 15.7. The molecule has 3 aliphatic carbocycles. The zero-order valence-electron chi connectivity index (χ0n) is 18.8. The van der Waals surface area contributed by atoms with E-state index in [1.807, 2.05) is 0 Å². The third-order valence-corrected chi connectivity index (χ3v) is 10.6. The third-order valence-electron chi connectivity index (χ3n) is 7.82. The van der Waals surface area contributed by atoms with Crippen LogP contribution < -0.4 is 5.32 Å². The fourth-order valence-electron chi connectivity index (χ4n) is 5.96. The number of rotatable bonds is 5. The van der Waals surface area contributed by atoms with Crippen molar-refractivity contribution in [1.29, 1.82) is 0 Å². The van der Waals surface area contributed by atoms with Crippen LogP contribution in [-0.4, -0.2) is 84.2 Å². The molecule has 1 saturated heterocycles. The van der Waals surface area contributed by atoms with Gasteiger partial charge in [0.2, 0.25) is 15.9 Å². The van der Waals surface area contributed by atoms with Gasteiger partial charge in [-0.1, -0.05) is 0 Å². The molecular formula is C22H35ClF2N2O5S. The minimum Gasteiger partial charge on any atom is -0.394 e. The van der Waals surface area contributed by atoms with E-state index in [-0.39, 0.29) is 43.5 Å². The highest BCUT2D eigenvalue weighted by atomic mass is 35.5. The zero-order valence-corrected chi connectivity index (χ0v) is 20.3. The number of carbonyl (C=O) groups is 1. The second-order valence-electron chi connectivity index (χ2n) is 10.0. The smallest absolute Gasteiger partial charge is 0.229 e. The molecule has 2 N–H and O–H groups in total. The lowest BCUT2D eigenvalue weighted by atomic mass is 9.83. The first-order valence-electron chi connectivity index (χ1n) is 12.2. The van der Waals surface area contributed by atoms with Gasteiger partial charge in [0.15, 0.2) is 0 Å². The summed E-state index contributed by atoms with van der Waals surface area (Å²) in [5.41, 5.74) is 0. The molecule has 0 spiro atoms. The average molecular weight is 513 g/mol. The van der Waals surface area contributed by atoms with E-state index in [4.69, 9.17) is 16.3 Å². The Morgan fingerprint density at radius 3 is 2.36 bits per heavy atom. The van der Waals surface area contributed by atoms with Gasteiger partial charge in [-0.2, -0.15) is 4.31 Å². The summed E-state index contributed by atoms with van der Waals surface area (Å²) in [6.07, 6.45) is 0.418. The van der Waals surface area contributed by atoms with Crippen molar-refractivity contribution in [3.8, 4) is 0 Å². The van der Waals surface area contributed by atoms with Gasteiger partial charge >= 0.3 is 0 Å². The van der Waals surface area contributed by atoms with Crippen LogP contribution in [0.3, 0.4) is 0 Å². The van der Waals surface area contributed by atoms with Gasteiger partial charge in [-0.3, -0.25) is 4.79 Å². The number of aliphatic hydroxyl groups excluding tert-OH is 1. The van der Waals surface area contributed by atoms with Crippen molar-refractivity contribution in [3.05, 3.63) is 0 Å². The predicted octanol–water partition coefficient (Wildman–Crippen LogP) is 2.44. The van der Waals surface area contributed by atoms with E-state index in [2.05, 4.69) is 5.32 Å². The summed E-state index contributed by atoms with van der Waals surface area (Å²) in [5.74, 6) is -1.93. The molecule has 5 unspecified atom stereocenters. The molecule has 4 aliphatic rings. The van der Waals surface area contributed by atoms with Crippen molar-refractivity contribution in [2.45, 2.75) is 111 Å². The van der Waals surface area contributed by atoms with Crippen LogP contribution >= 0.6 is 11.6 Å². The molecule has 0 radical (unpaired) electrons. The predicted molar refractivity (Wildman–Crippen MR) is 120 cm³/mol. The van der Waals surface area contributed by atoms with Crippen LogP contribution in [0.5, 0.6) is 0 Å². The third kappa shape index (κ3) is 5.50. The van der Waals surface area contributed by atoms with E-state index in [0.29, 0.717) is 51.4 Å². The maximum atomic E-state index is 14.3. The van der Waals surface area contributed by atoms with E-state index >= 15 is 0 Å². The topological polar surface area (TPSA) is 95.9 Å². The van der Waals surface area contributed by atoms with Crippen molar-refractivity contribution in [2.24, 2.45) is 5.92 Å². The van der Waals surface area contributed by atoms with Crippen molar-refractivity contribution in [2.75, 3.05) is 13.2 Å². The number of ether oxygens (including phenoxy) is 1. The Bertz CT molecular complexity index is 788. The van der Waals surface area contributed by atoms with E-state index in [1.54, 1.807) is 0 Å². The van der Waals surface area contributed by atoms with E-state index in [1.165, 1.54) is 4.31 Å². The van der Waals surface area contributed by atoms with Crippen LogP contribution in [0.15, 0.2) is 0 Å². The Balaban J connectivity index is 1.47. The number of hydrogen-bond donors (Lipinski definition) is 2. The monoisotopic (exact) mass is 512 g/mol. The lowest BCUT2D eigenvalue weighted by Crippen LogP contribution is -2.63. The molecule has 1 heterocycles. The fraction of sp³-hybridized carbons (Fsp3) is 0.955. The van der Waals surface area contributed by atoms with Crippen LogP contribution in [0.4, 0.5) is 8.78 Å². The SMILES string of the molecule is O=C(NC1CCC2O[C@H](CO)CN(S(=O)(=O)C3CCC(Cl)CC3)C2C1)C1C(F)CCCC1F. The minimum absolute atomic E-state index is 0.00759. The second-order valence-corrected chi connectivity index (χ2v) is 12.8. The Hall–Kier alpha value is -0.550. The molecule has 4 rings (SSSR count). The lowest BCUT2D eigenvalue weighted by Gasteiger charge is -2.48. The summed E-state index contributed by atoms with van der Waals surface area (Å²) in [5, 5.41) is 12.0. The highest BCUT2D eigenvalue weighted by molar-refractivity contribution is 7.89. The van der Waals surface area contributed by atoms with Gasteiger partial charge < -0.3 is 15.2 Å². The Labute approximate surface area is 199 Å². The Morgan fingerprint density at radius 1 is 1.06 bits per heavy atom. The molecule has 33 heavy (non-hydrogen) atoms. The van der Waals surface area contributed by atoms with Gasteiger partial charge in [-0.25, -0.2) is 17.2 Å². The molecule has 0 aromatic heterocycles. The van der Waals surface area contributed by atoms with Crippen LogP contribution in [0.2, 0.25) is 0 Å². The quantitative estimate of drug-likeness (QED) is 0.552. The Morgan fingerprint density at radius 2 is 1.73 bits per heavy atom. The van der Waals surface area contributed by atoms with E-state index < -0.39 is 51.6 Å². The standard InChI is InChI=1S/C22H35ClF2N2O5S/c23-13-4-7-16(8-5-13)33(30,31)27-11-15(12-28)32-20-9-6-14(10-19(20)27)26-22(29)21-17(24)2-1-3-18(21)25/h13-21,28H,1-12H2,(H,26,29)/t13?,14?,15-,16?,17?,18?,19?,20?,21?/m0/s1. The van der Waals surface area contributed by atoms with Gasteiger partial charge in [-0.05, 0) is 64.2 Å². The first kappa shape index (κ1) is 25.5. The van der Waals surface area contributed by atoms with E-state index in [9.17, 15) is 27.1 Å². The number of aliphatic hydroxyl groups is 1. The van der Waals surface area contributed by atoms with Gasteiger partial charge in [-0.15, -0.1) is 11.6 Å². The maximum absolute atomic E-state index is 14.3. The van der Waals surface area contributed by atoms with Crippen LogP contribution in [0, 0.1) is 5.92 Å². The van der Waals surface area contributed by atoms with Crippen LogP contribution in [-0.2, 0) is 19.6 Å². The van der Waals surface area contributed by atoms with E-state index in [0.717, 1.165) is 0 Å². The number of carbonyl (C=O) groups excluding carboxylic acids is 1. The minimum atomic E-state index is -3.66. The van der Waals surface area contributed by atoms with Gasteiger partial charge in [0.25, 0.3) is 0 Å². The summed E-state index contributed by atoms with van der Waals surface area (Å²) >= 11 is 6.17. The molecule has 0 bridgehead atoms. The zero-order chi connectivity index (χ0) is 23.8. The molecular weight excluding hydrogens is 478 g/mol. The summed E-state index contributed by atoms with van der Waals surface area (Å²) in [4.78, 5) is 12.7. The molecule has 0 aromatic carbocycles. The number of amides is 1. The summed E-state index contributed by atoms with van der Waals surface area (Å²) < 4.78 is 63.1. The number of sulfonamides is 1. The largest absolute Gasteiger partial charge is 0.394 e. The molecule has 7 nitrogen and oxygen atoms in total. The molecule has 6 atom stereocenters. The second kappa shape index (κ2) is 10.6. The molecule has 1 amide bonds. The van der Waals surface area contributed by atoms with Crippen LogP contribution in [0.1, 0.15) is 64.2 Å². The fourth-order valence-corrected chi connectivity index (χ4v) is 8.44. The molecule has 3 saturated carbocycles. The molecule has 1 aliphatic heterocycles. The van der Waals surface area contributed by atoms with Gasteiger partial charge in [0.1, 0.15) is 18.3 Å².